The number of nitrogens with zero attached hydrogens (tertiary/aromatic N) is 3. The summed E-state index contributed by atoms with van der Waals surface area (Å²) in [4.78, 5) is 20.5. The van der Waals surface area contributed by atoms with E-state index in [0.29, 0.717) is 5.56 Å². The Morgan fingerprint density at radius 1 is 1.35 bits per heavy atom. The number of likely N-dealkylation sites (N-methyl/N-ethyl adjacent to an activating group) is 1. The molecule has 0 unspecified atom stereocenters. The first-order valence-corrected chi connectivity index (χ1v) is 5.82. The molecule has 1 aliphatic heterocycles. The summed E-state index contributed by atoms with van der Waals surface area (Å²) in [6.45, 7) is 3.46. The highest BCUT2D eigenvalue weighted by atomic mass is 16.2. The lowest BCUT2D eigenvalue weighted by Gasteiger charge is -2.32. The molecule has 5 nitrogen and oxygen atoms in total. The predicted molar refractivity (Wildman–Crippen MR) is 67.2 cm³/mol. The Kier molecular flexibility index (Phi) is 3.58. The zero-order valence-electron chi connectivity index (χ0n) is 10.3. The number of amides is 1. The van der Waals surface area contributed by atoms with Gasteiger partial charge in [-0.3, -0.25) is 9.78 Å². The topological polar surface area (TPSA) is 48.5 Å². The van der Waals surface area contributed by atoms with Crippen molar-refractivity contribution < 1.29 is 4.79 Å². The minimum atomic E-state index is 0.0878. The van der Waals surface area contributed by atoms with E-state index in [0.717, 1.165) is 31.9 Å². The summed E-state index contributed by atoms with van der Waals surface area (Å²) in [5, 5.41) is 3.00. The minimum Gasteiger partial charge on any atom is -0.386 e. The van der Waals surface area contributed by atoms with Crippen molar-refractivity contribution in [3.05, 3.63) is 24.0 Å². The third-order valence-electron chi connectivity index (χ3n) is 3.11. The summed E-state index contributed by atoms with van der Waals surface area (Å²) in [6.07, 6.45) is 3.34. The van der Waals surface area contributed by atoms with Gasteiger partial charge in [0.15, 0.2) is 0 Å². The van der Waals surface area contributed by atoms with Gasteiger partial charge in [0.2, 0.25) is 0 Å². The van der Waals surface area contributed by atoms with Crippen LogP contribution in [-0.2, 0) is 0 Å². The lowest BCUT2D eigenvalue weighted by atomic mass is 10.2. The van der Waals surface area contributed by atoms with Crippen molar-refractivity contribution in [2.24, 2.45) is 0 Å². The van der Waals surface area contributed by atoms with Gasteiger partial charge in [-0.05, 0) is 13.1 Å². The Hall–Kier alpha value is -1.62. The van der Waals surface area contributed by atoms with Crippen molar-refractivity contribution in [1.82, 2.24) is 14.8 Å². The molecule has 0 aromatic carbocycles. The smallest absolute Gasteiger partial charge is 0.256 e. The number of pyridine rings is 1. The van der Waals surface area contributed by atoms with E-state index < -0.39 is 0 Å². The molecule has 0 bridgehead atoms. The quantitative estimate of drug-likeness (QED) is 0.810. The minimum absolute atomic E-state index is 0.0878. The summed E-state index contributed by atoms with van der Waals surface area (Å²) >= 11 is 0. The number of hydrogen-bond acceptors (Lipinski definition) is 4. The van der Waals surface area contributed by atoms with Crippen LogP contribution in [0.3, 0.4) is 0 Å². The Balaban J connectivity index is 2.14. The van der Waals surface area contributed by atoms with Gasteiger partial charge in [0.1, 0.15) is 0 Å². The number of nitrogens with one attached hydrogen (secondary N) is 1. The van der Waals surface area contributed by atoms with Crippen LogP contribution in [0.25, 0.3) is 0 Å². The Labute approximate surface area is 101 Å². The van der Waals surface area contributed by atoms with Crippen molar-refractivity contribution in [2.75, 3.05) is 45.6 Å². The molecule has 0 radical (unpaired) electrons. The molecule has 2 rings (SSSR count). The van der Waals surface area contributed by atoms with E-state index in [1.807, 2.05) is 4.90 Å². The van der Waals surface area contributed by atoms with Crippen molar-refractivity contribution in [2.45, 2.75) is 0 Å². The SMILES string of the molecule is CNc1cnccc1C(=O)N1CCN(C)CC1. The Morgan fingerprint density at radius 2 is 2.06 bits per heavy atom. The van der Waals surface area contributed by atoms with Crippen LogP contribution in [0.5, 0.6) is 0 Å². The maximum atomic E-state index is 12.3. The molecule has 1 amide bonds. The van der Waals surface area contributed by atoms with E-state index in [1.54, 1.807) is 25.5 Å². The molecule has 1 fully saturated rings. The Bertz CT molecular complexity index is 399. The van der Waals surface area contributed by atoms with Gasteiger partial charge in [0.25, 0.3) is 5.91 Å². The number of carbonyl (C=O) groups is 1. The monoisotopic (exact) mass is 234 g/mol. The highest BCUT2D eigenvalue weighted by Gasteiger charge is 2.21. The summed E-state index contributed by atoms with van der Waals surface area (Å²) in [7, 11) is 3.88. The maximum absolute atomic E-state index is 12.3. The highest BCUT2D eigenvalue weighted by molar-refractivity contribution is 5.99. The third kappa shape index (κ3) is 2.55. The van der Waals surface area contributed by atoms with Gasteiger partial charge in [0.05, 0.1) is 17.4 Å². The van der Waals surface area contributed by atoms with Gasteiger partial charge in [-0.2, -0.15) is 0 Å². The van der Waals surface area contributed by atoms with Crippen molar-refractivity contribution in [3.8, 4) is 0 Å². The van der Waals surface area contributed by atoms with E-state index in [-0.39, 0.29) is 5.91 Å². The second kappa shape index (κ2) is 5.14. The van der Waals surface area contributed by atoms with Crippen LogP contribution in [-0.4, -0.2) is 61.0 Å². The highest BCUT2D eigenvalue weighted by Crippen LogP contribution is 2.16. The lowest BCUT2D eigenvalue weighted by Crippen LogP contribution is -2.47. The standard InChI is InChI=1S/C12H18N4O/c1-13-11-9-14-4-3-10(11)12(17)16-7-5-15(2)6-8-16/h3-4,9,13H,5-8H2,1-2H3. The summed E-state index contributed by atoms with van der Waals surface area (Å²) < 4.78 is 0. The first-order chi connectivity index (χ1) is 8.22. The fraction of sp³-hybridized carbons (Fsp3) is 0.500. The van der Waals surface area contributed by atoms with Gasteiger partial charge in [-0.25, -0.2) is 0 Å². The van der Waals surface area contributed by atoms with Crippen LogP contribution in [0.1, 0.15) is 10.4 Å². The Morgan fingerprint density at radius 3 is 2.71 bits per heavy atom. The molecule has 1 aromatic heterocycles. The van der Waals surface area contributed by atoms with E-state index in [2.05, 4.69) is 22.2 Å². The molecule has 5 heteroatoms. The molecule has 0 saturated carbocycles. The van der Waals surface area contributed by atoms with Gasteiger partial charge >= 0.3 is 0 Å². The summed E-state index contributed by atoms with van der Waals surface area (Å²) in [6, 6.07) is 1.77. The first kappa shape index (κ1) is 11.9. The molecular formula is C12H18N4O. The molecule has 2 heterocycles. The van der Waals surface area contributed by atoms with Crippen molar-refractivity contribution in [1.29, 1.82) is 0 Å². The summed E-state index contributed by atoms with van der Waals surface area (Å²) in [5.74, 6) is 0.0878. The zero-order chi connectivity index (χ0) is 12.3. The van der Waals surface area contributed by atoms with Gasteiger partial charge < -0.3 is 15.1 Å². The number of hydrogen-bond donors (Lipinski definition) is 1. The molecule has 0 atom stereocenters. The number of carbonyl (C=O) groups excluding carboxylic acids is 1. The normalized spacial score (nSPS) is 16.9. The van der Waals surface area contributed by atoms with Crippen LogP contribution in [0.15, 0.2) is 18.5 Å². The average molecular weight is 234 g/mol. The van der Waals surface area contributed by atoms with Gasteiger partial charge in [0, 0.05) is 39.4 Å². The molecule has 1 aliphatic rings. The third-order valence-corrected chi connectivity index (χ3v) is 3.11. The van der Waals surface area contributed by atoms with Crippen LogP contribution >= 0.6 is 0 Å². The first-order valence-electron chi connectivity index (χ1n) is 5.82. The zero-order valence-corrected chi connectivity index (χ0v) is 10.3. The molecular weight excluding hydrogens is 216 g/mol. The number of aromatic nitrogens is 1. The molecule has 1 saturated heterocycles. The van der Waals surface area contributed by atoms with E-state index in [4.69, 9.17) is 0 Å². The van der Waals surface area contributed by atoms with Crippen LogP contribution < -0.4 is 5.32 Å². The number of piperazine rings is 1. The second-order valence-electron chi connectivity index (χ2n) is 4.27. The number of rotatable bonds is 2. The van der Waals surface area contributed by atoms with E-state index in [1.165, 1.54) is 0 Å². The van der Waals surface area contributed by atoms with E-state index in [9.17, 15) is 4.79 Å². The fourth-order valence-electron chi connectivity index (χ4n) is 1.96. The van der Waals surface area contributed by atoms with Crippen LogP contribution in [0.4, 0.5) is 5.69 Å². The molecule has 0 aliphatic carbocycles. The largest absolute Gasteiger partial charge is 0.386 e. The number of anilines is 1. The predicted octanol–water partition coefficient (Wildman–Crippen LogP) is 0.511. The summed E-state index contributed by atoms with van der Waals surface area (Å²) in [5.41, 5.74) is 1.49. The van der Waals surface area contributed by atoms with Crippen molar-refractivity contribution in [3.63, 3.8) is 0 Å². The maximum Gasteiger partial charge on any atom is 0.256 e. The average Bonchev–Trinajstić information content (AvgIpc) is 2.39. The fourth-order valence-corrected chi connectivity index (χ4v) is 1.96. The molecule has 92 valence electrons. The molecule has 17 heavy (non-hydrogen) atoms. The molecule has 1 aromatic rings. The lowest BCUT2D eigenvalue weighted by molar-refractivity contribution is 0.0665. The van der Waals surface area contributed by atoms with Crippen LogP contribution in [0.2, 0.25) is 0 Å². The second-order valence-corrected chi connectivity index (χ2v) is 4.27. The van der Waals surface area contributed by atoms with Crippen LogP contribution in [0, 0.1) is 0 Å². The van der Waals surface area contributed by atoms with Gasteiger partial charge in [-0.1, -0.05) is 0 Å². The van der Waals surface area contributed by atoms with E-state index >= 15 is 0 Å². The van der Waals surface area contributed by atoms with Crippen molar-refractivity contribution >= 4 is 11.6 Å². The molecule has 0 spiro atoms. The van der Waals surface area contributed by atoms with Gasteiger partial charge in [-0.15, -0.1) is 0 Å². The molecule has 1 N–H and O–H groups in total.